The van der Waals surface area contributed by atoms with Crippen LogP contribution in [0.2, 0.25) is 0 Å². The second kappa shape index (κ2) is 3.52. The highest BCUT2D eigenvalue weighted by Gasteiger charge is 2.06. The Bertz CT molecular complexity index is 503. The quantitative estimate of drug-likeness (QED) is 0.774. The molecule has 14 heavy (non-hydrogen) atoms. The first-order valence-corrected chi connectivity index (χ1v) is 5.02. The van der Waals surface area contributed by atoms with Crippen LogP contribution in [0, 0.1) is 10.5 Å². The second-order valence-electron chi connectivity index (χ2n) is 2.80. The Morgan fingerprint density at radius 1 is 1.50 bits per heavy atom. The smallest absolute Gasteiger partial charge is 0.264 e. The lowest BCUT2D eigenvalue weighted by atomic mass is 10.3. The summed E-state index contributed by atoms with van der Waals surface area (Å²) in [5.41, 5.74) is 1.39. The third kappa shape index (κ3) is 1.57. The molecule has 0 aliphatic heterocycles. The predicted octanol–water partition coefficient (Wildman–Crippen LogP) is 1.07. The number of aromatic nitrogens is 4. The van der Waals surface area contributed by atoms with Crippen LogP contribution in [0.3, 0.4) is 0 Å². The fraction of sp³-hybridized carbons (Fsp3) is 0.125. The molecule has 0 saturated carbocycles. The Labute approximate surface area is 93.1 Å². The first-order chi connectivity index (χ1) is 6.68. The average Bonchev–Trinajstić information content (AvgIpc) is 2.66. The monoisotopic (exact) mass is 302 g/mol. The summed E-state index contributed by atoms with van der Waals surface area (Å²) in [5, 5.41) is 6.46. The van der Waals surface area contributed by atoms with E-state index in [-0.39, 0.29) is 5.56 Å². The van der Waals surface area contributed by atoms with Crippen molar-refractivity contribution in [3.63, 3.8) is 0 Å². The average molecular weight is 302 g/mol. The summed E-state index contributed by atoms with van der Waals surface area (Å²) in [4.78, 5) is 18.4. The minimum absolute atomic E-state index is 0.116. The number of nitrogens with zero attached hydrogens (tertiary/aromatic N) is 2. The van der Waals surface area contributed by atoms with Gasteiger partial charge >= 0.3 is 0 Å². The molecule has 0 saturated heterocycles. The number of halogens is 1. The highest BCUT2D eigenvalue weighted by molar-refractivity contribution is 14.1. The van der Waals surface area contributed by atoms with Gasteiger partial charge in [-0.15, -0.1) is 0 Å². The van der Waals surface area contributed by atoms with Gasteiger partial charge in [0, 0.05) is 6.20 Å². The fourth-order valence-corrected chi connectivity index (χ4v) is 1.34. The van der Waals surface area contributed by atoms with E-state index in [1.54, 1.807) is 19.3 Å². The van der Waals surface area contributed by atoms with Gasteiger partial charge in [0.25, 0.3) is 5.56 Å². The number of aryl methyl sites for hydroxylation is 1. The van der Waals surface area contributed by atoms with Gasteiger partial charge in [0.2, 0.25) is 0 Å². The maximum atomic E-state index is 11.4. The summed E-state index contributed by atoms with van der Waals surface area (Å²) in [6.07, 6.45) is 3.30. The molecule has 0 aromatic carbocycles. The maximum Gasteiger partial charge on any atom is 0.264 e. The van der Waals surface area contributed by atoms with Crippen LogP contribution in [0.15, 0.2) is 17.2 Å². The SMILES string of the molecule is Cc1nc(-c2cn[nH]c2)[nH]c(=O)c1I. The molecule has 72 valence electrons. The number of hydrogen-bond acceptors (Lipinski definition) is 3. The van der Waals surface area contributed by atoms with Crippen LogP contribution in [0.25, 0.3) is 11.4 Å². The molecule has 0 unspecified atom stereocenters. The Balaban J connectivity index is 2.63. The molecule has 0 bridgehead atoms. The molecule has 2 aromatic heterocycles. The zero-order valence-corrected chi connectivity index (χ0v) is 9.49. The largest absolute Gasteiger partial charge is 0.306 e. The van der Waals surface area contributed by atoms with Crippen molar-refractivity contribution < 1.29 is 0 Å². The van der Waals surface area contributed by atoms with Crippen LogP contribution in [0.4, 0.5) is 0 Å². The number of H-pyrrole nitrogens is 2. The van der Waals surface area contributed by atoms with E-state index in [2.05, 4.69) is 20.2 Å². The molecule has 2 heterocycles. The maximum absolute atomic E-state index is 11.4. The van der Waals surface area contributed by atoms with Crippen molar-refractivity contribution in [3.05, 3.63) is 32.0 Å². The van der Waals surface area contributed by atoms with Crippen LogP contribution in [-0.4, -0.2) is 20.2 Å². The third-order valence-electron chi connectivity index (χ3n) is 1.80. The lowest BCUT2D eigenvalue weighted by molar-refractivity contribution is 1.05. The van der Waals surface area contributed by atoms with Crippen LogP contribution >= 0.6 is 22.6 Å². The number of rotatable bonds is 1. The Morgan fingerprint density at radius 2 is 2.29 bits per heavy atom. The van der Waals surface area contributed by atoms with E-state index in [0.717, 1.165) is 11.3 Å². The van der Waals surface area contributed by atoms with E-state index in [4.69, 9.17) is 0 Å². The molecule has 0 aliphatic carbocycles. The second-order valence-corrected chi connectivity index (χ2v) is 3.88. The van der Waals surface area contributed by atoms with Crippen molar-refractivity contribution in [3.8, 4) is 11.4 Å². The summed E-state index contributed by atoms with van der Waals surface area (Å²) in [5.74, 6) is 0.543. The first-order valence-electron chi connectivity index (χ1n) is 3.94. The fourth-order valence-electron chi connectivity index (χ4n) is 1.09. The lowest BCUT2D eigenvalue weighted by Gasteiger charge is -1.99. The van der Waals surface area contributed by atoms with E-state index < -0.39 is 0 Å². The van der Waals surface area contributed by atoms with Crippen LogP contribution in [0.5, 0.6) is 0 Å². The number of nitrogens with one attached hydrogen (secondary N) is 2. The van der Waals surface area contributed by atoms with Gasteiger partial charge in [0.05, 0.1) is 21.0 Å². The van der Waals surface area contributed by atoms with Gasteiger partial charge in [-0.2, -0.15) is 5.10 Å². The molecule has 0 spiro atoms. The van der Waals surface area contributed by atoms with Gasteiger partial charge in [-0.1, -0.05) is 0 Å². The van der Waals surface area contributed by atoms with Gasteiger partial charge in [-0.3, -0.25) is 9.89 Å². The Morgan fingerprint density at radius 3 is 2.86 bits per heavy atom. The van der Waals surface area contributed by atoms with E-state index in [0.29, 0.717) is 9.39 Å². The van der Waals surface area contributed by atoms with Gasteiger partial charge in [-0.05, 0) is 29.5 Å². The highest BCUT2D eigenvalue weighted by atomic mass is 127. The molecule has 5 nitrogen and oxygen atoms in total. The van der Waals surface area contributed by atoms with E-state index in [1.165, 1.54) is 0 Å². The zero-order valence-electron chi connectivity index (χ0n) is 7.34. The predicted molar refractivity (Wildman–Crippen MR) is 59.9 cm³/mol. The van der Waals surface area contributed by atoms with Crippen LogP contribution in [0.1, 0.15) is 5.69 Å². The van der Waals surface area contributed by atoms with Gasteiger partial charge in [0.15, 0.2) is 0 Å². The van der Waals surface area contributed by atoms with E-state index in [1.807, 2.05) is 22.6 Å². The summed E-state index contributed by atoms with van der Waals surface area (Å²) in [6, 6.07) is 0. The summed E-state index contributed by atoms with van der Waals surface area (Å²) in [7, 11) is 0. The molecule has 0 amide bonds. The minimum Gasteiger partial charge on any atom is -0.306 e. The molecular weight excluding hydrogens is 295 g/mol. The molecule has 0 aliphatic rings. The molecule has 0 fully saturated rings. The summed E-state index contributed by atoms with van der Waals surface area (Å²) >= 11 is 1.97. The normalized spacial score (nSPS) is 10.4. The van der Waals surface area contributed by atoms with Gasteiger partial charge in [-0.25, -0.2) is 4.98 Å². The molecule has 6 heteroatoms. The zero-order chi connectivity index (χ0) is 10.1. The van der Waals surface area contributed by atoms with E-state index >= 15 is 0 Å². The minimum atomic E-state index is -0.116. The standard InChI is InChI=1S/C8H7IN4O/c1-4-6(9)8(14)13-7(12-4)5-2-10-11-3-5/h2-3H,1H3,(H,10,11)(H,12,13,14). The van der Waals surface area contributed by atoms with Crippen molar-refractivity contribution >= 4 is 22.6 Å². The van der Waals surface area contributed by atoms with Crippen molar-refractivity contribution in [1.29, 1.82) is 0 Å². The molecule has 2 aromatic rings. The molecule has 2 N–H and O–H groups in total. The number of aromatic amines is 2. The van der Waals surface area contributed by atoms with Crippen molar-refractivity contribution in [2.75, 3.05) is 0 Å². The Kier molecular flexibility index (Phi) is 2.36. The lowest BCUT2D eigenvalue weighted by Crippen LogP contribution is -2.14. The number of hydrogen-bond donors (Lipinski definition) is 2. The summed E-state index contributed by atoms with van der Waals surface area (Å²) < 4.78 is 0.620. The van der Waals surface area contributed by atoms with Crippen molar-refractivity contribution in [2.24, 2.45) is 0 Å². The highest BCUT2D eigenvalue weighted by Crippen LogP contribution is 2.12. The van der Waals surface area contributed by atoms with Crippen LogP contribution in [-0.2, 0) is 0 Å². The summed E-state index contributed by atoms with van der Waals surface area (Å²) in [6.45, 7) is 1.81. The molecule has 0 atom stereocenters. The molecular formula is C8H7IN4O. The topological polar surface area (TPSA) is 74.4 Å². The van der Waals surface area contributed by atoms with Crippen LogP contribution < -0.4 is 5.56 Å². The Hall–Kier alpha value is -1.18. The first kappa shape index (κ1) is 9.38. The van der Waals surface area contributed by atoms with Crippen molar-refractivity contribution in [1.82, 2.24) is 20.2 Å². The van der Waals surface area contributed by atoms with Gasteiger partial charge < -0.3 is 4.98 Å². The van der Waals surface area contributed by atoms with Gasteiger partial charge in [0.1, 0.15) is 5.82 Å². The molecule has 0 radical (unpaired) electrons. The van der Waals surface area contributed by atoms with Crippen molar-refractivity contribution in [2.45, 2.75) is 6.92 Å². The third-order valence-corrected chi connectivity index (χ3v) is 3.07. The van der Waals surface area contributed by atoms with E-state index in [9.17, 15) is 4.79 Å². The molecule has 2 rings (SSSR count).